The minimum atomic E-state index is -0.216. The molecule has 4 rings (SSSR count). The smallest absolute Gasteiger partial charge is 0.257 e. The molecule has 0 bridgehead atoms. The molecular formula is C19H19ClN4O2. The summed E-state index contributed by atoms with van der Waals surface area (Å²) in [7, 11) is 0. The Hall–Kier alpha value is -2.60. The van der Waals surface area contributed by atoms with E-state index in [2.05, 4.69) is 20.0 Å². The Bertz CT molecular complexity index is 943. The number of halogens is 1. The van der Waals surface area contributed by atoms with E-state index in [9.17, 15) is 4.79 Å². The van der Waals surface area contributed by atoms with Gasteiger partial charge in [0, 0.05) is 37.0 Å². The van der Waals surface area contributed by atoms with Crippen molar-refractivity contribution in [2.75, 3.05) is 6.54 Å². The van der Waals surface area contributed by atoms with Gasteiger partial charge in [-0.25, -0.2) is 4.98 Å². The number of nitrogens with zero attached hydrogens (tertiary/aromatic N) is 3. The molecule has 0 aliphatic heterocycles. The van der Waals surface area contributed by atoms with Gasteiger partial charge in [-0.3, -0.25) is 4.79 Å². The second-order valence-electron chi connectivity index (χ2n) is 6.45. The molecule has 3 aromatic rings. The first kappa shape index (κ1) is 16.8. The molecule has 0 radical (unpaired) electrons. The maximum atomic E-state index is 12.7. The second-order valence-corrected chi connectivity index (χ2v) is 6.86. The van der Waals surface area contributed by atoms with Crippen LogP contribution in [0.4, 0.5) is 0 Å². The van der Waals surface area contributed by atoms with E-state index in [1.807, 2.05) is 30.6 Å². The van der Waals surface area contributed by atoms with Crippen LogP contribution in [0.3, 0.4) is 0 Å². The van der Waals surface area contributed by atoms with Crippen molar-refractivity contribution in [1.82, 2.24) is 20.0 Å². The number of benzene rings is 1. The van der Waals surface area contributed by atoms with Crippen molar-refractivity contribution in [3.05, 3.63) is 58.8 Å². The van der Waals surface area contributed by atoms with Gasteiger partial charge < -0.3 is 14.4 Å². The Morgan fingerprint density at radius 1 is 1.38 bits per heavy atom. The van der Waals surface area contributed by atoms with Gasteiger partial charge in [-0.1, -0.05) is 35.0 Å². The first-order valence-corrected chi connectivity index (χ1v) is 9.03. The van der Waals surface area contributed by atoms with Gasteiger partial charge in [0.2, 0.25) is 0 Å². The van der Waals surface area contributed by atoms with Crippen molar-refractivity contribution in [3.63, 3.8) is 0 Å². The quantitative estimate of drug-likeness (QED) is 0.716. The fourth-order valence-electron chi connectivity index (χ4n) is 3.07. The van der Waals surface area contributed by atoms with Gasteiger partial charge in [-0.2, -0.15) is 0 Å². The lowest BCUT2D eigenvalue weighted by Crippen LogP contribution is -2.28. The van der Waals surface area contributed by atoms with Crippen molar-refractivity contribution in [2.24, 2.45) is 0 Å². The Morgan fingerprint density at radius 2 is 2.19 bits per heavy atom. The lowest BCUT2D eigenvalue weighted by atomic mass is 10.1. The summed E-state index contributed by atoms with van der Waals surface area (Å²) in [5.74, 6) is 1.94. The summed E-state index contributed by atoms with van der Waals surface area (Å²) in [6, 6.07) is 7.28. The molecule has 1 fully saturated rings. The van der Waals surface area contributed by atoms with Gasteiger partial charge in [-0.05, 0) is 25.8 Å². The van der Waals surface area contributed by atoms with E-state index < -0.39 is 0 Å². The fourth-order valence-corrected chi connectivity index (χ4v) is 3.29. The monoisotopic (exact) mass is 370 g/mol. The van der Waals surface area contributed by atoms with Gasteiger partial charge in [-0.15, -0.1) is 0 Å². The SMILES string of the molecule is Cc1onc(-c2ccccc2Cl)c1C(=O)NCCn1ccnc1C1CC1. The van der Waals surface area contributed by atoms with Crippen molar-refractivity contribution in [1.29, 1.82) is 0 Å². The first-order valence-electron chi connectivity index (χ1n) is 8.65. The van der Waals surface area contributed by atoms with E-state index >= 15 is 0 Å². The van der Waals surface area contributed by atoms with Crippen LogP contribution in [0.1, 0.15) is 40.7 Å². The highest BCUT2D eigenvalue weighted by Crippen LogP contribution is 2.38. The predicted octanol–water partition coefficient (Wildman–Crippen LogP) is 3.81. The van der Waals surface area contributed by atoms with Crippen LogP contribution in [0.15, 0.2) is 41.2 Å². The zero-order chi connectivity index (χ0) is 18.1. The minimum absolute atomic E-state index is 0.216. The van der Waals surface area contributed by atoms with Crippen molar-refractivity contribution in [2.45, 2.75) is 32.2 Å². The van der Waals surface area contributed by atoms with E-state index in [1.54, 1.807) is 13.0 Å². The van der Waals surface area contributed by atoms with Crippen LogP contribution in [-0.4, -0.2) is 27.2 Å². The standard InChI is InChI=1S/C19H19ClN4O2/c1-12-16(17(23-26-12)14-4-2-3-5-15(14)20)19(25)22-9-11-24-10-8-21-18(24)13-6-7-13/h2-5,8,10,13H,6-7,9,11H2,1H3,(H,22,25). The normalized spacial score (nSPS) is 13.8. The molecule has 7 heteroatoms. The minimum Gasteiger partial charge on any atom is -0.360 e. The predicted molar refractivity (Wildman–Crippen MR) is 98.2 cm³/mol. The third-order valence-corrected chi connectivity index (χ3v) is 4.88. The molecule has 0 unspecified atom stereocenters. The molecule has 1 aliphatic carbocycles. The first-order chi connectivity index (χ1) is 12.6. The van der Waals surface area contributed by atoms with E-state index in [-0.39, 0.29) is 5.91 Å². The van der Waals surface area contributed by atoms with Gasteiger partial charge >= 0.3 is 0 Å². The molecule has 6 nitrogen and oxygen atoms in total. The zero-order valence-corrected chi connectivity index (χ0v) is 15.2. The van der Waals surface area contributed by atoms with Gasteiger partial charge in [0.1, 0.15) is 22.8 Å². The molecule has 26 heavy (non-hydrogen) atoms. The Balaban J connectivity index is 1.48. The number of hydrogen-bond donors (Lipinski definition) is 1. The number of aromatic nitrogens is 3. The largest absolute Gasteiger partial charge is 0.360 e. The molecule has 2 aromatic heterocycles. The summed E-state index contributed by atoms with van der Waals surface area (Å²) in [5, 5.41) is 7.52. The summed E-state index contributed by atoms with van der Waals surface area (Å²) < 4.78 is 7.36. The van der Waals surface area contributed by atoms with Crippen molar-refractivity contribution < 1.29 is 9.32 Å². The molecule has 0 atom stereocenters. The Morgan fingerprint density at radius 3 is 2.96 bits per heavy atom. The van der Waals surface area contributed by atoms with Crippen LogP contribution < -0.4 is 5.32 Å². The van der Waals surface area contributed by atoms with Crippen LogP contribution in [0.25, 0.3) is 11.3 Å². The summed E-state index contributed by atoms with van der Waals surface area (Å²) in [4.78, 5) is 17.1. The van der Waals surface area contributed by atoms with Crippen molar-refractivity contribution >= 4 is 17.5 Å². The highest BCUT2D eigenvalue weighted by molar-refractivity contribution is 6.33. The summed E-state index contributed by atoms with van der Waals surface area (Å²) in [6.45, 7) is 2.91. The third kappa shape index (κ3) is 3.24. The number of carbonyl (C=O) groups is 1. The fraction of sp³-hybridized carbons (Fsp3) is 0.316. The molecule has 0 saturated heterocycles. The van der Waals surface area contributed by atoms with Crippen LogP contribution in [0, 0.1) is 6.92 Å². The number of amides is 1. The molecule has 1 amide bonds. The molecule has 2 heterocycles. The van der Waals surface area contributed by atoms with Crippen LogP contribution in [0.2, 0.25) is 5.02 Å². The highest BCUT2D eigenvalue weighted by Gasteiger charge is 2.28. The Kier molecular flexibility index (Phi) is 4.51. The van der Waals surface area contributed by atoms with E-state index in [0.29, 0.717) is 46.6 Å². The summed E-state index contributed by atoms with van der Waals surface area (Å²) >= 11 is 6.25. The van der Waals surface area contributed by atoms with Crippen LogP contribution >= 0.6 is 11.6 Å². The molecular weight excluding hydrogens is 352 g/mol. The van der Waals surface area contributed by atoms with Crippen LogP contribution in [0.5, 0.6) is 0 Å². The average molecular weight is 371 g/mol. The molecule has 1 aromatic carbocycles. The number of nitrogens with one attached hydrogen (secondary N) is 1. The summed E-state index contributed by atoms with van der Waals surface area (Å²) in [5.41, 5.74) is 1.57. The lowest BCUT2D eigenvalue weighted by molar-refractivity contribution is 0.0951. The Labute approximate surface area is 156 Å². The topological polar surface area (TPSA) is 73.0 Å². The van der Waals surface area contributed by atoms with E-state index in [0.717, 1.165) is 5.82 Å². The molecule has 1 N–H and O–H groups in total. The zero-order valence-electron chi connectivity index (χ0n) is 14.4. The number of carbonyl (C=O) groups excluding carboxylic acids is 1. The molecule has 0 spiro atoms. The van der Waals surface area contributed by atoms with Gasteiger partial charge in [0.15, 0.2) is 0 Å². The van der Waals surface area contributed by atoms with Gasteiger partial charge in [0.25, 0.3) is 5.91 Å². The number of hydrogen-bond acceptors (Lipinski definition) is 4. The van der Waals surface area contributed by atoms with Gasteiger partial charge in [0.05, 0.1) is 5.02 Å². The third-order valence-electron chi connectivity index (χ3n) is 4.55. The van der Waals surface area contributed by atoms with Crippen molar-refractivity contribution in [3.8, 4) is 11.3 Å². The number of aryl methyl sites for hydroxylation is 1. The maximum absolute atomic E-state index is 12.7. The molecule has 1 saturated carbocycles. The summed E-state index contributed by atoms with van der Waals surface area (Å²) in [6.07, 6.45) is 6.17. The molecule has 1 aliphatic rings. The average Bonchev–Trinajstić information content (AvgIpc) is 3.25. The number of rotatable bonds is 6. The number of imidazole rings is 1. The lowest BCUT2D eigenvalue weighted by Gasteiger charge is -2.09. The second kappa shape index (κ2) is 6.96. The highest BCUT2D eigenvalue weighted by atomic mass is 35.5. The maximum Gasteiger partial charge on any atom is 0.257 e. The van der Waals surface area contributed by atoms with Crippen LogP contribution in [-0.2, 0) is 6.54 Å². The van der Waals surface area contributed by atoms with E-state index in [1.165, 1.54) is 12.8 Å². The van der Waals surface area contributed by atoms with E-state index in [4.69, 9.17) is 16.1 Å². The molecule has 134 valence electrons.